The van der Waals surface area contributed by atoms with Crippen molar-refractivity contribution in [2.45, 2.75) is 31.0 Å². The molecule has 1 rings (SSSR count). The summed E-state index contributed by atoms with van der Waals surface area (Å²) in [7, 11) is 0. The molecular weight excluding hydrogens is 232 g/mol. The summed E-state index contributed by atoms with van der Waals surface area (Å²) in [6.45, 7) is 3.78. The first-order valence-electron chi connectivity index (χ1n) is 4.81. The van der Waals surface area contributed by atoms with E-state index in [1.165, 1.54) is 23.3 Å². The second kappa shape index (κ2) is 6.07. The maximum Gasteiger partial charge on any atom is 0.307 e. The SMILES string of the molecule is CCCc1nsc(SCC(C)C(=O)O)n1. The van der Waals surface area contributed by atoms with Crippen LogP contribution in [-0.2, 0) is 11.2 Å². The standard InChI is InChI=1S/C9H14N2O2S2/c1-3-4-7-10-9(15-11-7)14-5-6(2)8(12)13/h6H,3-5H2,1-2H3,(H,12,13). The molecule has 0 aliphatic carbocycles. The highest BCUT2D eigenvalue weighted by atomic mass is 32.2. The van der Waals surface area contributed by atoms with Gasteiger partial charge in [-0.25, -0.2) is 4.98 Å². The van der Waals surface area contributed by atoms with E-state index in [1.54, 1.807) is 6.92 Å². The van der Waals surface area contributed by atoms with Crippen molar-refractivity contribution < 1.29 is 9.90 Å². The normalized spacial score (nSPS) is 12.7. The molecule has 4 nitrogen and oxygen atoms in total. The monoisotopic (exact) mass is 246 g/mol. The molecule has 15 heavy (non-hydrogen) atoms. The molecule has 0 aliphatic heterocycles. The van der Waals surface area contributed by atoms with Crippen LogP contribution in [0.2, 0.25) is 0 Å². The predicted octanol–water partition coefficient (Wildman–Crippen LogP) is 2.30. The van der Waals surface area contributed by atoms with E-state index in [2.05, 4.69) is 16.3 Å². The van der Waals surface area contributed by atoms with Crippen LogP contribution in [0, 0.1) is 5.92 Å². The first-order chi connectivity index (χ1) is 7.13. The molecule has 0 bridgehead atoms. The number of carbonyl (C=O) groups is 1. The van der Waals surface area contributed by atoms with Crippen LogP contribution in [0.3, 0.4) is 0 Å². The molecule has 0 radical (unpaired) electrons. The first-order valence-corrected chi connectivity index (χ1v) is 6.57. The quantitative estimate of drug-likeness (QED) is 0.780. The molecule has 0 aliphatic rings. The Hall–Kier alpha value is -0.620. The molecule has 1 aromatic rings. The van der Waals surface area contributed by atoms with E-state index in [0.29, 0.717) is 5.75 Å². The van der Waals surface area contributed by atoms with Gasteiger partial charge in [0, 0.05) is 12.2 Å². The maximum atomic E-state index is 10.6. The van der Waals surface area contributed by atoms with Crippen molar-refractivity contribution in [3.05, 3.63) is 5.82 Å². The Morgan fingerprint density at radius 3 is 3.00 bits per heavy atom. The van der Waals surface area contributed by atoms with Crippen LogP contribution in [0.25, 0.3) is 0 Å². The summed E-state index contributed by atoms with van der Waals surface area (Å²) >= 11 is 2.82. The third-order valence-electron chi connectivity index (χ3n) is 1.80. The summed E-state index contributed by atoms with van der Waals surface area (Å²) in [5.41, 5.74) is 0. The number of carboxylic acids is 1. The minimum Gasteiger partial charge on any atom is -0.481 e. The van der Waals surface area contributed by atoms with Gasteiger partial charge in [0.2, 0.25) is 0 Å². The molecule has 1 heterocycles. The molecule has 0 aromatic carbocycles. The number of rotatable bonds is 6. The highest BCUT2D eigenvalue weighted by molar-refractivity contribution is 8.00. The second-order valence-corrected chi connectivity index (χ2v) is 5.30. The van der Waals surface area contributed by atoms with Crippen LogP contribution in [0.15, 0.2) is 4.34 Å². The first kappa shape index (κ1) is 12.4. The summed E-state index contributed by atoms with van der Waals surface area (Å²) in [6.07, 6.45) is 1.93. The molecule has 1 aromatic heterocycles. The van der Waals surface area contributed by atoms with Crippen molar-refractivity contribution in [2.75, 3.05) is 5.75 Å². The van der Waals surface area contributed by atoms with Gasteiger partial charge in [0.25, 0.3) is 0 Å². The van der Waals surface area contributed by atoms with Crippen molar-refractivity contribution >= 4 is 29.3 Å². The predicted molar refractivity (Wildman–Crippen MR) is 61.4 cm³/mol. The Bertz CT molecular complexity index is 328. The fourth-order valence-electron chi connectivity index (χ4n) is 0.889. The molecule has 0 fully saturated rings. The van der Waals surface area contributed by atoms with E-state index in [4.69, 9.17) is 5.11 Å². The lowest BCUT2D eigenvalue weighted by atomic mass is 10.2. The molecular formula is C9H14N2O2S2. The van der Waals surface area contributed by atoms with E-state index in [9.17, 15) is 4.79 Å². The molecule has 1 N–H and O–H groups in total. The van der Waals surface area contributed by atoms with Gasteiger partial charge in [-0.3, -0.25) is 4.79 Å². The van der Waals surface area contributed by atoms with Crippen LogP contribution >= 0.6 is 23.3 Å². The number of hydrogen-bond donors (Lipinski definition) is 1. The van der Waals surface area contributed by atoms with Gasteiger partial charge in [-0.15, -0.1) is 0 Å². The Labute approximate surface area is 97.3 Å². The number of nitrogens with zero attached hydrogens (tertiary/aromatic N) is 2. The number of aliphatic carboxylic acids is 1. The molecule has 6 heteroatoms. The van der Waals surface area contributed by atoms with Crippen LogP contribution in [-0.4, -0.2) is 26.2 Å². The van der Waals surface area contributed by atoms with Crippen LogP contribution in [0.5, 0.6) is 0 Å². The van der Waals surface area contributed by atoms with Crippen molar-refractivity contribution in [1.29, 1.82) is 0 Å². The van der Waals surface area contributed by atoms with E-state index >= 15 is 0 Å². The van der Waals surface area contributed by atoms with Crippen molar-refractivity contribution in [3.8, 4) is 0 Å². The number of aryl methyl sites for hydroxylation is 1. The van der Waals surface area contributed by atoms with Crippen LogP contribution < -0.4 is 0 Å². The van der Waals surface area contributed by atoms with Crippen molar-refractivity contribution in [3.63, 3.8) is 0 Å². The zero-order valence-corrected chi connectivity index (χ0v) is 10.4. The van der Waals surface area contributed by atoms with Crippen molar-refractivity contribution in [2.24, 2.45) is 5.92 Å². The highest BCUT2D eigenvalue weighted by Crippen LogP contribution is 2.22. The van der Waals surface area contributed by atoms with Gasteiger partial charge < -0.3 is 5.11 Å². The Kier molecular flexibility index (Phi) is 5.04. The van der Waals surface area contributed by atoms with E-state index in [1.807, 2.05) is 0 Å². The van der Waals surface area contributed by atoms with E-state index in [-0.39, 0.29) is 5.92 Å². The van der Waals surface area contributed by atoms with Gasteiger partial charge >= 0.3 is 5.97 Å². The topological polar surface area (TPSA) is 63.1 Å². The largest absolute Gasteiger partial charge is 0.481 e. The second-order valence-electron chi connectivity index (χ2n) is 3.28. The van der Waals surface area contributed by atoms with Gasteiger partial charge in [0.1, 0.15) is 5.82 Å². The van der Waals surface area contributed by atoms with E-state index < -0.39 is 5.97 Å². The van der Waals surface area contributed by atoms with Gasteiger partial charge in [-0.1, -0.05) is 25.6 Å². The van der Waals surface area contributed by atoms with E-state index in [0.717, 1.165) is 23.0 Å². The third kappa shape index (κ3) is 4.17. The summed E-state index contributed by atoms with van der Waals surface area (Å²) in [5.74, 6) is 0.318. The summed E-state index contributed by atoms with van der Waals surface area (Å²) in [6, 6.07) is 0. The average Bonchev–Trinajstić information content (AvgIpc) is 2.62. The minimum absolute atomic E-state index is 0.339. The van der Waals surface area contributed by atoms with Gasteiger partial charge in [0.05, 0.1) is 5.92 Å². The molecule has 0 saturated heterocycles. The number of thioether (sulfide) groups is 1. The van der Waals surface area contributed by atoms with Gasteiger partial charge in [-0.05, 0) is 18.0 Å². The lowest BCUT2D eigenvalue weighted by Gasteiger charge is -2.01. The minimum atomic E-state index is -0.763. The highest BCUT2D eigenvalue weighted by Gasteiger charge is 2.12. The zero-order chi connectivity index (χ0) is 11.3. The molecule has 0 amide bonds. The van der Waals surface area contributed by atoms with Crippen LogP contribution in [0.1, 0.15) is 26.1 Å². The number of carboxylic acid groups (broad SMARTS) is 1. The molecule has 0 spiro atoms. The number of aromatic nitrogens is 2. The van der Waals surface area contributed by atoms with Crippen LogP contribution in [0.4, 0.5) is 0 Å². The Morgan fingerprint density at radius 1 is 1.67 bits per heavy atom. The smallest absolute Gasteiger partial charge is 0.307 e. The number of hydrogen-bond acceptors (Lipinski definition) is 5. The fraction of sp³-hybridized carbons (Fsp3) is 0.667. The summed E-state index contributed by atoms with van der Waals surface area (Å²) in [5, 5.41) is 8.70. The molecule has 0 saturated carbocycles. The third-order valence-corrected chi connectivity index (χ3v) is 3.93. The maximum absolute atomic E-state index is 10.6. The van der Waals surface area contributed by atoms with Gasteiger partial charge in [-0.2, -0.15) is 4.37 Å². The lowest BCUT2D eigenvalue weighted by molar-refractivity contribution is -0.140. The lowest BCUT2D eigenvalue weighted by Crippen LogP contribution is -2.11. The molecule has 84 valence electrons. The Morgan fingerprint density at radius 2 is 2.40 bits per heavy atom. The molecule has 1 unspecified atom stereocenters. The summed E-state index contributed by atoms with van der Waals surface area (Å²) < 4.78 is 5.06. The van der Waals surface area contributed by atoms with Crippen molar-refractivity contribution in [1.82, 2.24) is 9.36 Å². The Balaban J connectivity index is 2.40. The molecule has 1 atom stereocenters. The fourth-order valence-corrected chi connectivity index (χ4v) is 2.58. The van der Waals surface area contributed by atoms with Gasteiger partial charge in [0.15, 0.2) is 4.34 Å². The average molecular weight is 246 g/mol. The zero-order valence-electron chi connectivity index (χ0n) is 8.77. The summed E-state index contributed by atoms with van der Waals surface area (Å²) in [4.78, 5) is 14.9.